The zero-order valence-corrected chi connectivity index (χ0v) is 9.34. The van der Waals surface area contributed by atoms with Gasteiger partial charge < -0.3 is 10.2 Å². The van der Waals surface area contributed by atoms with E-state index in [1.54, 1.807) is 0 Å². The highest BCUT2D eigenvalue weighted by molar-refractivity contribution is 4.75. The molecule has 0 bridgehead atoms. The predicted molar refractivity (Wildman–Crippen MR) is 58.0 cm³/mol. The molecule has 0 aromatic rings. The molecule has 1 saturated heterocycles. The van der Waals surface area contributed by atoms with Gasteiger partial charge in [0.25, 0.3) is 0 Å². The third-order valence-corrected chi connectivity index (χ3v) is 2.99. The van der Waals surface area contributed by atoms with Gasteiger partial charge in [0.1, 0.15) is 0 Å². The molecule has 1 N–H and O–H groups in total. The molecule has 0 aromatic heterocycles. The normalized spacial score (nSPS) is 20.1. The van der Waals surface area contributed by atoms with E-state index >= 15 is 0 Å². The number of nitrogens with zero attached hydrogens (tertiary/aromatic N) is 1. The molecule has 1 rings (SSSR count). The summed E-state index contributed by atoms with van der Waals surface area (Å²) in [5.41, 5.74) is 0. The van der Waals surface area contributed by atoms with E-state index in [9.17, 15) is 0 Å². The maximum Gasteiger partial charge on any atom is 0.0116 e. The van der Waals surface area contributed by atoms with Crippen molar-refractivity contribution in [1.82, 2.24) is 10.2 Å². The molecule has 2 nitrogen and oxygen atoms in total. The number of hydrogen-bond acceptors (Lipinski definition) is 2. The molecule has 78 valence electrons. The number of nitrogens with one attached hydrogen (secondary N) is 1. The second-order valence-corrected chi connectivity index (χ2v) is 4.64. The van der Waals surface area contributed by atoms with Crippen LogP contribution >= 0.6 is 0 Å². The summed E-state index contributed by atoms with van der Waals surface area (Å²) in [4.78, 5) is 2.54. The van der Waals surface area contributed by atoms with Gasteiger partial charge in [0, 0.05) is 6.04 Å². The largest absolute Gasteiger partial charge is 0.317 e. The van der Waals surface area contributed by atoms with Gasteiger partial charge in [-0.1, -0.05) is 13.8 Å². The van der Waals surface area contributed by atoms with Crippen LogP contribution in [0.3, 0.4) is 0 Å². The van der Waals surface area contributed by atoms with Gasteiger partial charge in [0.2, 0.25) is 0 Å². The Morgan fingerprint density at radius 3 is 2.46 bits per heavy atom. The standard InChI is InChI=1S/C11H24N2/c1-10(2)6-9-13(3)11-4-7-12-8-5-11/h10-12H,4-9H2,1-3H3. The highest BCUT2D eigenvalue weighted by Crippen LogP contribution is 2.11. The third-order valence-electron chi connectivity index (χ3n) is 2.99. The van der Waals surface area contributed by atoms with Crippen molar-refractivity contribution >= 4 is 0 Å². The fourth-order valence-corrected chi connectivity index (χ4v) is 1.89. The maximum absolute atomic E-state index is 3.41. The van der Waals surface area contributed by atoms with Crippen LogP contribution in [0.5, 0.6) is 0 Å². The average Bonchev–Trinajstić information content (AvgIpc) is 2.15. The summed E-state index contributed by atoms with van der Waals surface area (Å²) >= 11 is 0. The van der Waals surface area contributed by atoms with E-state index in [-0.39, 0.29) is 0 Å². The van der Waals surface area contributed by atoms with Crippen LogP contribution < -0.4 is 5.32 Å². The van der Waals surface area contributed by atoms with Gasteiger partial charge in [0.15, 0.2) is 0 Å². The molecule has 1 aliphatic heterocycles. The van der Waals surface area contributed by atoms with Gasteiger partial charge in [0.05, 0.1) is 0 Å². The molecule has 0 saturated carbocycles. The van der Waals surface area contributed by atoms with Crippen molar-refractivity contribution in [2.45, 2.75) is 39.2 Å². The Labute approximate surface area is 82.7 Å². The third kappa shape index (κ3) is 4.10. The van der Waals surface area contributed by atoms with Crippen molar-refractivity contribution in [3.63, 3.8) is 0 Å². The fraction of sp³-hybridized carbons (Fsp3) is 1.00. The molecule has 0 amide bonds. The van der Waals surface area contributed by atoms with Crippen LogP contribution in [-0.2, 0) is 0 Å². The Kier molecular flexibility index (Phi) is 4.74. The van der Waals surface area contributed by atoms with Gasteiger partial charge in [-0.2, -0.15) is 0 Å². The summed E-state index contributed by atoms with van der Waals surface area (Å²) in [6, 6.07) is 0.833. The highest BCUT2D eigenvalue weighted by Gasteiger charge is 2.16. The SMILES string of the molecule is CC(C)CCN(C)C1CCNCC1. The first-order chi connectivity index (χ1) is 6.20. The van der Waals surface area contributed by atoms with Gasteiger partial charge in [-0.25, -0.2) is 0 Å². The lowest BCUT2D eigenvalue weighted by molar-refractivity contribution is 0.190. The fourth-order valence-electron chi connectivity index (χ4n) is 1.89. The Balaban J connectivity index is 2.17. The first kappa shape index (κ1) is 11.0. The van der Waals surface area contributed by atoms with Crippen molar-refractivity contribution in [3.05, 3.63) is 0 Å². The summed E-state index contributed by atoms with van der Waals surface area (Å²) in [5, 5.41) is 3.41. The number of piperidine rings is 1. The molecule has 0 spiro atoms. The van der Waals surface area contributed by atoms with Crippen molar-refractivity contribution in [2.24, 2.45) is 5.92 Å². The molecule has 1 fully saturated rings. The van der Waals surface area contributed by atoms with Crippen LogP contribution in [0.2, 0.25) is 0 Å². The van der Waals surface area contributed by atoms with Crippen LogP contribution in [0.1, 0.15) is 33.1 Å². The Hall–Kier alpha value is -0.0800. The summed E-state index contributed by atoms with van der Waals surface area (Å²) in [7, 11) is 2.28. The molecule has 1 heterocycles. The van der Waals surface area contributed by atoms with E-state index in [2.05, 4.69) is 31.1 Å². The van der Waals surface area contributed by atoms with E-state index in [1.807, 2.05) is 0 Å². The van der Waals surface area contributed by atoms with Gasteiger partial charge in [-0.3, -0.25) is 0 Å². The van der Waals surface area contributed by atoms with Gasteiger partial charge >= 0.3 is 0 Å². The van der Waals surface area contributed by atoms with E-state index in [0.717, 1.165) is 12.0 Å². The molecule has 0 radical (unpaired) electrons. The molecule has 0 aromatic carbocycles. The first-order valence-electron chi connectivity index (χ1n) is 5.61. The van der Waals surface area contributed by atoms with Crippen molar-refractivity contribution in [3.8, 4) is 0 Å². The molecule has 0 aliphatic carbocycles. The first-order valence-corrected chi connectivity index (χ1v) is 5.61. The zero-order chi connectivity index (χ0) is 9.68. The molecule has 2 heteroatoms. The second-order valence-electron chi connectivity index (χ2n) is 4.64. The Bertz CT molecular complexity index is 128. The smallest absolute Gasteiger partial charge is 0.0116 e. The van der Waals surface area contributed by atoms with Crippen LogP contribution in [0.15, 0.2) is 0 Å². The molecular formula is C11H24N2. The minimum atomic E-state index is 0.833. The molecular weight excluding hydrogens is 160 g/mol. The van der Waals surface area contributed by atoms with Crippen molar-refractivity contribution in [1.29, 1.82) is 0 Å². The van der Waals surface area contributed by atoms with Gasteiger partial charge in [-0.15, -0.1) is 0 Å². The van der Waals surface area contributed by atoms with E-state index in [0.29, 0.717) is 0 Å². The maximum atomic E-state index is 3.41. The lowest BCUT2D eigenvalue weighted by Crippen LogP contribution is -2.41. The minimum Gasteiger partial charge on any atom is -0.317 e. The molecule has 1 aliphatic rings. The van der Waals surface area contributed by atoms with Crippen LogP contribution in [-0.4, -0.2) is 37.6 Å². The summed E-state index contributed by atoms with van der Waals surface area (Å²) in [6.45, 7) is 8.28. The minimum absolute atomic E-state index is 0.833. The lowest BCUT2D eigenvalue weighted by atomic mass is 10.0. The predicted octanol–water partition coefficient (Wildman–Crippen LogP) is 1.72. The van der Waals surface area contributed by atoms with Crippen LogP contribution in [0, 0.1) is 5.92 Å². The average molecular weight is 184 g/mol. The summed E-state index contributed by atoms with van der Waals surface area (Å²) < 4.78 is 0. The topological polar surface area (TPSA) is 15.3 Å². The van der Waals surface area contributed by atoms with Crippen LogP contribution in [0.25, 0.3) is 0 Å². The Morgan fingerprint density at radius 2 is 1.92 bits per heavy atom. The van der Waals surface area contributed by atoms with Crippen molar-refractivity contribution in [2.75, 3.05) is 26.7 Å². The van der Waals surface area contributed by atoms with Crippen molar-refractivity contribution < 1.29 is 0 Å². The Morgan fingerprint density at radius 1 is 1.31 bits per heavy atom. The molecule has 0 unspecified atom stereocenters. The summed E-state index contributed by atoms with van der Waals surface area (Å²) in [5.74, 6) is 0.837. The lowest BCUT2D eigenvalue weighted by Gasteiger charge is -2.31. The van der Waals surface area contributed by atoms with E-state index < -0.39 is 0 Å². The molecule has 13 heavy (non-hydrogen) atoms. The quantitative estimate of drug-likeness (QED) is 0.715. The van der Waals surface area contributed by atoms with E-state index in [4.69, 9.17) is 0 Å². The van der Waals surface area contributed by atoms with E-state index in [1.165, 1.54) is 38.9 Å². The monoisotopic (exact) mass is 184 g/mol. The highest BCUT2D eigenvalue weighted by atomic mass is 15.1. The number of rotatable bonds is 4. The summed E-state index contributed by atoms with van der Waals surface area (Å²) in [6.07, 6.45) is 3.99. The number of hydrogen-bond donors (Lipinski definition) is 1. The second kappa shape index (κ2) is 5.61. The zero-order valence-electron chi connectivity index (χ0n) is 9.34. The molecule has 0 atom stereocenters. The van der Waals surface area contributed by atoms with Crippen LogP contribution in [0.4, 0.5) is 0 Å². The van der Waals surface area contributed by atoms with Gasteiger partial charge in [-0.05, 0) is 51.9 Å².